The van der Waals surface area contributed by atoms with Gasteiger partial charge in [-0.25, -0.2) is 0 Å². The Bertz CT molecular complexity index is 433. The fourth-order valence-corrected chi connectivity index (χ4v) is 2.70. The molecular formula is C13H15Cl2NO. The first-order valence-electron chi connectivity index (χ1n) is 5.82. The van der Waals surface area contributed by atoms with Gasteiger partial charge in [0.25, 0.3) is 5.91 Å². The normalized spacial score (nSPS) is 20.4. The van der Waals surface area contributed by atoms with Gasteiger partial charge in [0, 0.05) is 18.1 Å². The van der Waals surface area contributed by atoms with Gasteiger partial charge in [-0.3, -0.25) is 4.79 Å². The van der Waals surface area contributed by atoms with Crippen LogP contribution in [0.1, 0.15) is 30.1 Å². The maximum atomic E-state index is 12.3. The SMILES string of the molecule is CC1CCCN(C(=O)c2ccc(Cl)cc2Cl)C1. The number of likely N-dealkylation sites (tertiary alicyclic amines) is 1. The number of hydrogen-bond donors (Lipinski definition) is 0. The second-order valence-electron chi connectivity index (χ2n) is 4.62. The minimum Gasteiger partial charge on any atom is -0.338 e. The van der Waals surface area contributed by atoms with Crippen molar-refractivity contribution >= 4 is 29.1 Å². The van der Waals surface area contributed by atoms with Crippen LogP contribution in [0.2, 0.25) is 10.0 Å². The Kier molecular flexibility index (Phi) is 3.95. The third kappa shape index (κ3) is 2.93. The van der Waals surface area contributed by atoms with Gasteiger partial charge in [-0.15, -0.1) is 0 Å². The van der Waals surface area contributed by atoms with E-state index < -0.39 is 0 Å². The van der Waals surface area contributed by atoms with Crippen molar-refractivity contribution in [3.05, 3.63) is 33.8 Å². The highest BCUT2D eigenvalue weighted by Crippen LogP contribution is 2.24. The molecule has 1 fully saturated rings. The highest BCUT2D eigenvalue weighted by Gasteiger charge is 2.23. The molecule has 1 atom stereocenters. The lowest BCUT2D eigenvalue weighted by atomic mass is 9.99. The first-order chi connectivity index (χ1) is 8.08. The van der Waals surface area contributed by atoms with E-state index in [0.29, 0.717) is 21.5 Å². The van der Waals surface area contributed by atoms with E-state index >= 15 is 0 Å². The van der Waals surface area contributed by atoms with Gasteiger partial charge in [-0.2, -0.15) is 0 Å². The van der Waals surface area contributed by atoms with E-state index in [9.17, 15) is 4.79 Å². The fourth-order valence-electron chi connectivity index (χ4n) is 2.21. The van der Waals surface area contributed by atoms with Crippen LogP contribution in [0.15, 0.2) is 18.2 Å². The van der Waals surface area contributed by atoms with Crippen molar-refractivity contribution in [2.75, 3.05) is 13.1 Å². The molecule has 1 heterocycles. The molecule has 4 heteroatoms. The van der Waals surface area contributed by atoms with Crippen LogP contribution in [0.4, 0.5) is 0 Å². The number of nitrogens with zero attached hydrogens (tertiary/aromatic N) is 1. The minimum absolute atomic E-state index is 0.0122. The van der Waals surface area contributed by atoms with Gasteiger partial charge in [0.15, 0.2) is 0 Å². The van der Waals surface area contributed by atoms with Gasteiger partial charge >= 0.3 is 0 Å². The monoisotopic (exact) mass is 271 g/mol. The number of piperidine rings is 1. The van der Waals surface area contributed by atoms with Crippen LogP contribution in [-0.2, 0) is 0 Å². The van der Waals surface area contributed by atoms with Gasteiger partial charge in [-0.05, 0) is 37.0 Å². The van der Waals surface area contributed by atoms with Crippen molar-refractivity contribution in [2.24, 2.45) is 5.92 Å². The molecule has 1 aromatic carbocycles. The summed E-state index contributed by atoms with van der Waals surface area (Å²) in [6.45, 7) is 3.81. The summed E-state index contributed by atoms with van der Waals surface area (Å²) in [6.07, 6.45) is 2.26. The van der Waals surface area contributed by atoms with E-state index in [4.69, 9.17) is 23.2 Å². The predicted molar refractivity (Wildman–Crippen MR) is 70.8 cm³/mol. The molecule has 0 N–H and O–H groups in total. The van der Waals surface area contributed by atoms with E-state index in [0.717, 1.165) is 19.5 Å². The summed E-state index contributed by atoms with van der Waals surface area (Å²) in [4.78, 5) is 14.2. The van der Waals surface area contributed by atoms with Gasteiger partial charge in [0.2, 0.25) is 0 Å². The molecule has 92 valence electrons. The third-order valence-corrected chi connectivity index (χ3v) is 3.65. The number of carbonyl (C=O) groups excluding carboxylic acids is 1. The molecule has 0 aliphatic carbocycles. The van der Waals surface area contributed by atoms with Gasteiger partial charge in [0.1, 0.15) is 0 Å². The average Bonchev–Trinajstić information content (AvgIpc) is 2.28. The molecular weight excluding hydrogens is 257 g/mol. The van der Waals surface area contributed by atoms with Crippen LogP contribution < -0.4 is 0 Å². The highest BCUT2D eigenvalue weighted by atomic mass is 35.5. The zero-order chi connectivity index (χ0) is 12.4. The van der Waals surface area contributed by atoms with Gasteiger partial charge < -0.3 is 4.90 Å². The molecule has 2 rings (SSSR count). The maximum Gasteiger partial charge on any atom is 0.255 e. The second kappa shape index (κ2) is 5.28. The molecule has 1 aliphatic rings. The van der Waals surface area contributed by atoms with Crippen molar-refractivity contribution < 1.29 is 4.79 Å². The smallest absolute Gasteiger partial charge is 0.255 e. The molecule has 1 amide bonds. The topological polar surface area (TPSA) is 20.3 Å². The summed E-state index contributed by atoms with van der Waals surface area (Å²) in [6, 6.07) is 5.02. The highest BCUT2D eigenvalue weighted by molar-refractivity contribution is 6.36. The van der Waals surface area contributed by atoms with Crippen LogP contribution in [0.25, 0.3) is 0 Å². The van der Waals surface area contributed by atoms with Crippen molar-refractivity contribution in [3.63, 3.8) is 0 Å². The molecule has 2 nitrogen and oxygen atoms in total. The Morgan fingerprint density at radius 1 is 1.41 bits per heavy atom. The minimum atomic E-state index is 0.0122. The average molecular weight is 272 g/mol. The van der Waals surface area contributed by atoms with E-state index in [1.54, 1.807) is 18.2 Å². The standard InChI is InChI=1S/C13H15Cl2NO/c1-9-3-2-6-16(8-9)13(17)11-5-4-10(14)7-12(11)15/h4-5,7,9H,2-3,6,8H2,1H3. The molecule has 0 bridgehead atoms. The lowest BCUT2D eigenvalue weighted by molar-refractivity contribution is 0.0683. The summed E-state index contributed by atoms with van der Waals surface area (Å²) < 4.78 is 0. The quantitative estimate of drug-likeness (QED) is 0.760. The number of halogens is 2. The van der Waals surface area contributed by atoms with E-state index in [-0.39, 0.29) is 5.91 Å². The van der Waals surface area contributed by atoms with Crippen LogP contribution >= 0.6 is 23.2 Å². The Balaban J connectivity index is 2.18. The van der Waals surface area contributed by atoms with E-state index in [2.05, 4.69) is 6.92 Å². The zero-order valence-corrected chi connectivity index (χ0v) is 11.3. The summed E-state index contributed by atoms with van der Waals surface area (Å²) in [5, 5.41) is 0.985. The summed E-state index contributed by atoms with van der Waals surface area (Å²) in [7, 11) is 0. The lowest BCUT2D eigenvalue weighted by Crippen LogP contribution is -2.39. The largest absolute Gasteiger partial charge is 0.338 e. The first kappa shape index (κ1) is 12.7. The predicted octanol–water partition coefficient (Wildman–Crippen LogP) is 3.87. The number of amides is 1. The van der Waals surface area contributed by atoms with Crippen molar-refractivity contribution in [1.82, 2.24) is 4.90 Å². The number of rotatable bonds is 1. The number of hydrogen-bond acceptors (Lipinski definition) is 1. The van der Waals surface area contributed by atoms with Crippen molar-refractivity contribution in [1.29, 1.82) is 0 Å². The fraction of sp³-hybridized carbons (Fsp3) is 0.462. The Morgan fingerprint density at radius 2 is 2.18 bits per heavy atom. The molecule has 17 heavy (non-hydrogen) atoms. The van der Waals surface area contributed by atoms with Crippen LogP contribution in [-0.4, -0.2) is 23.9 Å². The van der Waals surface area contributed by atoms with Gasteiger partial charge in [-0.1, -0.05) is 30.1 Å². The van der Waals surface area contributed by atoms with Crippen LogP contribution in [0.5, 0.6) is 0 Å². The van der Waals surface area contributed by atoms with Crippen molar-refractivity contribution in [2.45, 2.75) is 19.8 Å². The summed E-state index contributed by atoms with van der Waals surface area (Å²) in [5.74, 6) is 0.581. The second-order valence-corrected chi connectivity index (χ2v) is 5.47. The molecule has 1 aliphatic heterocycles. The third-order valence-electron chi connectivity index (χ3n) is 3.11. The Morgan fingerprint density at radius 3 is 2.82 bits per heavy atom. The van der Waals surface area contributed by atoms with E-state index in [1.807, 2.05) is 4.90 Å². The summed E-state index contributed by atoms with van der Waals surface area (Å²) >= 11 is 11.9. The molecule has 0 aromatic heterocycles. The molecule has 1 unspecified atom stereocenters. The maximum absolute atomic E-state index is 12.3. The van der Waals surface area contributed by atoms with Crippen molar-refractivity contribution in [3.8, 4) is 0 Å². The van der Waals surface area contributed by atoms with Crippen LogP contribution in [0.3, 0.4) is 0 Å². The van der Waals surface area contributed by atoms with Gasteiger partial charge in [0.05, 0.1) is 10.6 Å². The molecule has 0 spiro atoms. The molecule has 0 radical (unpaired) electrons. The molecule has 0 saturated carbocycles. The molecule has 1 saturated heterocycles. The lowest BCUT2D eigenvalue weighted by Gasteiger charge is -2.31. The molecule has 1 aromatic rings. The Hall–Kier alpha value is -0.730. The number of benzene rings is 1. The van der Waals surface area contributed by atoms with Crippen LogP contribution in [0, 0.1) is 5.92 Å². The Labute approximate surface area is 112 Å². The van der Waals surface area contributed by atoms with E-state index in [1.165, 1.54) is 6.42 Å². The summed E-state index contributed by atoms with van der Waals surface area (Å²) in [5.41, 5.74) is 0.546. The number of carbonyl (C=O) groups is 1. The first-order valence-corrected chi connectivity index (χ1v) is 6.58. The zero-order valence-electron chi connectivity index (χ0n) is 9.75.